The maximum atomic E-state index is 8.99. The molecule has 1 aromatic rings. The lowest BCUT2D eigenvalue weighted by molar-refractivity contribution is 0.304. The van der Waals surface area contributed by atoms with Gasteiger partial charge in [0, 0.05) is 11.8 Å². The van der Waals surface area contributed by atoms with Crippen LogP contribution in [0.25, 0.3) is 0 Å². The zero-order valence-corrected chi connectivity index (χ0v) is 6.53. The maximum absolute atomic E-state index is 8.99. The highest BCUT2D eigenvalue weighted by Gasteiger charge is 1.99. The first-order chi connectivity index (χ1) is 5.22. The molecule has 1 N–H and O–H groups in total. The molecular formula is C7H10N2O2. The molecule has 4 nitrogen and oxygen atoms in total. The summed E-state index contributed by atoms with van der Waals surface area (Å²) in [5.74, 6) is -0.0547. The van der Waals surface area contributed by atoms with Crippen molar-refractivity contribution in [3.8, 4) is 11.9 Å². The van der Waals surface area contributed by atoms with Gasteiger partial charge in [-0.1, -0.05) is 0 Å². The van der Waals surface area contributed by atoms with E-state index in [0.717, 1.165) is 0 Å². The van der Waals surface area contributed by atoms with E-state index in [-0.39, 0.29) is 11.9 Å². The largest absolute Gasteiger partial charge is 0.493 e. The molecule has 0 aromatic carbocycles. The molecule has 0 fully saturated rings. The van der Waals surface area contributed by atoms with Crippen molar-refractivity contribution in [2.24, 2.45) is 0 Å². The summed E-state index contributed by atoms with van der Waals surface area (Å²) in [7, 11) is 0. The molecule has 0 aliphatic rings. The lowest BCUT2D eigenvalue weighted by Gasteiger charge is -2.00. The van der Waals surface area contributed by atoms with Gasteiger partial charge in [0.25, 0.3) is 0 Å². The second-order valence-corrected chi connectivity index (χ2v) is 2.08. The van der Waals surface area contributed by atoms with E-state index in [0.29, 0.717) is 12.3 Å². The Morgan fingerprint density at radius 3 is 2.82 bits per heavy atom. The van der Waals surface area contributed by atoms with Gasteiger partial charge >= 0.3 is 6.01 Å². The Morgan fingerprint density at radius 2 is 2.27 bits per heavy atom. The summed E-state index contributed by atoms with van der Waals surface area (Å²) in [5.41, 5.74) is 0.695. The third-order valence-electron chi connectivity index (χ3n) is 1.09. The number of hydrogen-bond donors (Lipinski definition) is 1. The normalized spacial score (nSPS) is 9.64. The molecule has 0 aliphatic carbocycles. The van der Waals surface area contributed by atoms with Crippen LogP contribution in [-0.4, -0.2) is 21.7 Å². The van der Waals surface area contributed by atoms with Crippen LogP contribution >= 0.6 is 0 Å². The molecular weight excluding hydrogens is 144 g/mol. The van der Waals surface area contributed by atoms with Gasteiger partial charge in [-0.3, -0.25) is 0 Å². The quantitative estimate of drug-likeness (QED) is 0.687. The van der Waals surface area contributed by atoms with Gasteiger partial charge < -0.3 is 9.84 Å². The van der Waals surface area contributed by atoms with Crippen LogP contribution in [0.3, 0.4) is 0 Å². The lowest BCUT2D eigenvalue weighted by atomic mass is 10.4. The van der Waals surface area contributed by atoms with Crippen molar-refractivity contribution in [3.05, 3.63) is 11.8 Å². The van der Waals surface area contributed by atoms with Gasteiger partial charge in [-0.25, -0.2) is 4.98 Å². The van der Waals surface area contributed by atoms with Crippen molar-refractivity contribution in [2.45, 2.75) is 13.8 Å². The molecule has 1 rings (SSSR count). The summed E-state index contributed by atoms with van der Waals surface area (Å²) in [6, 6.07) is 1.70. The molecule has 0 aliphatic heterocycles. The first kappa shape index (κ1) is 7.78. The minimum atomic E-state index is -0.0547. The Bertz CT molecular complexity index is 230. The van der Waals surface area contributed by atoms with Gasteiger partial charge in [-0.2, -0.15) is 4.98 Å². The summed E-state index contributed by atoms with van der Waals surface area (Å²) < 4.78 is 4.99. The summed E-state index contributed by atoms with van der Waals surface area (Å²) in [6.45, 7) is 4.11. The fourth-order valence-electron chi connectivity index (χ4n) is 0.719. The van der Waals surface area contributed by atoms with Crippen molar-refractivity contribution in [2.75, 3.05) is 6.61 Å². The van der Waals surface area contributed by atoms with Crippen LogP contribution in [0.2, 0.25) is 0 Å². The topological polar surface area (TPSA) is 55.2 Å². The standard InChI is InChI=1S/C7H10N2O2/c1-3-11-7-8-5(2)4-6(10)9-7/h4H,3H2,1-2H3,(H,8,9,10). The van der Waals surface area contributed by atoms with E-state index in [4.69, 9.17) is 9.84 Å². The molecule has 0 atom stereocenters. The van der Waals surface area contributed by atoms with Gasteiger partial charge in [0.2, 0.25) is 5.88 Å². The summed E-state index contributed by atoms with van der Waals surface area (Å²) in [4.78, 5) is 7.58. The van der Waals surface area contributed by atoms with E-state index in [1.54, 1.807) is 6.92 Å². The van der Waals surface area contributed by atoms with Gasteiger partial charge in [0.05, 0.1) is 6.61 Å². The number of aromatic nitrogens is 2. The third-order valence-corrected chi connectivity index (χ3v) is 1.09. The van der Waals surface area contributed by atoms with Crippen LogP contribution in [0.4, 0.5) is 0 Å². The summed E-state index contributed by atoms with van der Waals surface area (Å²) in [5, 5.41) is 8.99. The molecule has 1 heterocycles. The minimum absolute atomic E-state index is 0.0547. The van der Waals surface area contributed by atoms with E-state index < -0.39 is 0 Å². The van der Waals surface area contributed by atoms with Crippen LogP contribution < -0.4 is 4.74 Å². The molecule has 0 saturated carbocycles. The van der Waals surface area contributed by atoms with Crippen LogP contribution in [0, 0.1) is 6.92 Å². The molecule has 0 saturated heterocycles. The maximum Gasteiger partial charge on any atom is 0.319 e. The van der Waals surface area contributed by atoms with E-state index in [9.17, 15) is 0 Å². The number of rotatable bonds is 2. The second kappa shape index (κ2) is 3.18. The van der Waals surface area contributed by atoms with Gasteiger partial charge in [-0.15, -0.1) is 0 Å². The fraction of sp³-hybridized carbons (Fsp3) is 0.429. The van der Waals surface area contributed by atoms with Crippen molar-refractivity contribution in [3.63, 3.8) is 0 Å². The lowest BCUT2D eigenvalue weighted by Crippen LogP contribution is -1.97. The van der Waals surface area contributed by atoms with E-state index in [1.165, 1.54) is 6.07 Å². The predicted molar refractivity (Wildman–Crippen MR) is 39.6 cm³/mol. The first-order valence-corrected chi connectivity index (χ1v) is 3.40. The Balaban J connectivity index is 2.89. The monoisotopic (exact) mass is 154 g/mol. The number of nitrogens with zero attached hydrogens (tertiary/aromatic N) is 2. The molecule has 0 bridgehead atoms. The molecule has 4 heteroatoms. The summed E-state index contributed by atoms with van der Waals surface area (Å²) in [6.07, 6.45) is 0. The van der Waals surface area contributed by atoms with E-state index in [1.807, 2.05) is 6.92 Å². The molecule has 0 spiro atoms. The average molecular weight is 154 g/mol. The van der Waals surface area contributed by atoms with Gasteiger partial charge in [0.1, 0.15) is 0 Å². The Labute approximate surface area is 64.9 Å². The van der Waals surface area contributed by atoms with Crippen LogP contribution in [0.1, 0.15) is 12.6 Å². The highest BCUT2D eigenvalue weighted by molar-refractivity contribution is 5.15. The van der Waals surface area contributed by atoms with Crippen molar-refractivity contribution in [1.82, 2.24) is 9.97 Å². The zero-order valence-electron chi connectivity index (χ0n) is 6.53. The number of aryl methyl sites for hydroxylation is 1. The average Bonchev–Trinajstić information content (AvgIpc) is 1.85. The van der Waals surface area contributed by atoms with E-state index in [2.05, 4.69) is 9.97 Å². The molecule has 0 unspecified atom stereocenters. The zero-order chi connectivity index (χ0) is 8.27. The molecule has 1 aromatic heterocycles. The van der Waals surface area contributed by atoms with Crippen molar-refractivity contribution < 1.29 is 9.84 Å². The Kier molecular flexibility index (Phi) is 2.25. The van der Waals surface area contributed by atoms with Crippen molar-refractivity contribution >= 4 is 0 Å². The summed E-state index contributed by atoms with van der Waals surface area (Å²) >= 11 is 0. The first-order valence-electron chi connectivity index (χ1n) is 3.40. The SMILES string of the molecule is CCOc1nc(C)cc(O)n1. The smallest absolute Gasteiger partial charge is 0.319 e. The third kappa shape index (κ3) is 2.07. The van der Waals surface area contributed by atoms with Crippen LogP contribution in [-0.2, 0) is 0 Å². The molecule has 11 heavy (non-hydrogen) atoms. The van der Waals surface area contributed by atoms with Crippen molar-refractivity contribution in [1.29, 1.82) is 0 Å². The number of aromatic hydroxyl groups is 1. The van der Waals surface area contributed by atoms with Crippen LogP contribution in [0.5, 0.6) is 11.9 Å². The number of ether oxygens (including phenoxy) is 1. The number of hydrogen-bond acceptors (Lipinski definition) is 4. The molecule has 0 amide bonds. The minimum Gasteiger partial charge on any atom is -0.493 e. The fourth-order valence-corrected chi connectivity index (χ4v) is 0.719. The molecule has 0 radical (unpaired) electrons. The molecule has 60 valence electrons. The van der Waals surface area contributed by atoms with Gasteiger partial charge in [-0.05, 0) is 13.8 Å². The highest BCUT2D eigenvalue weighted by atomic mass is 16.5. The Hall–Kier alpha value is -1.32. The Morgan fingerprint density at radius 1 is 1.55 bits per heavy atom. The van der Waals surface area contributed by atoms with Gasteiger partial charge in [0.15, 0.2) is 0 Å². The highest BCUT2D eigenvalue weighted by Crippen LogP contribution is 2.10. The van der Waals surface area contributed by atoms with E-state index >= 15 is 0 Å². The second-order valence-electron chi connectivity index (χ2n) is 2.08. The predicted octanol–water partition coefficient (Wildman–Crippen LogP) is 0.889. The van der Waals surface area contributed by atoms with Crippen LogP contribution in [0.15, 0.2) is 6.07 Å².